The van der Waals surface area contributed by atoms with Gasteiger partial charge in [0.1, 0.15) is 0 Å². The number of benzene rings is 1. The molecule has 1 unspecified atom stereocenters. The standard InChI is InChI=1S/C17H17ClN2O5S2/c1-3-24-15(21)17(8-5-9-25-17)14-10-19-16(26-14)20-27(22,23)13-7-4-6-12(18)11(13)2/h4-8,10H,3,9H2,1-2H3,(H,19,20). The first-order chi connectivity index (χ1) is 12.8. The van der Waals surface area contributed by atoms with Gasteiger partial charge in [-0.05, 0) is 37.6 Å². The molecule has 0 amide bonds. The summed E-state index contributed by atoms with van der Waals surface area (Å²) >= 11 is 7.02. The van der Waals surface area contributed by atoms with Gasteiger partial charge in [0, 0.05) is 11.2 Å². The summed E-state index contributed by atoms with van der Waals surface area (Å²) in [6.07, 6.45) is 4.70. The zero-order valence-corrected chi connectivity index (χ0v) is 17.0. The average Bonchev–Trinajstić information content (AvgIpc) is 3.27. The third kappa shape index (κ3) is 3.73. The Bertz CT molecular complexity index is 1000. The summed E-state index contributed by atoms with van der Waals surface area (Å²) in [6.45, 7) is 3.77. The second-order valence-electron chi connectivity index (χ2n) is 5.67. The number of carbonyl (C=O) groups is 1. The molecule has 10 heteroatoms. The van der Waals surface area contributed by atoms with E-state index < -0.39 is 21.6 Å². The molecular formula is C17H17ClN2O5S2. The number of hydrogen-bond acceptors (Lipinski definition) is 7. The normalized spacial score (nSPS) is 19.2. The number of nitrogens with one attached hydrogen (secondary N) is 1. The van der Waals surface area contributed by atoms with E-state index in [1.807, 2.05) is 0 Å². The van der Waals surface area contributed by atoms with Crippen molar-refractivity contribution in [1.29, 1.82) is 0 Å². The number of carbonyl (C=O) groups excluding carboxylic acids is 1. The van der Waals surface area contributed by atoms with E-state index in [0.717, 1.165) is 11.3 Å². The molecule has 0 saturated heterocycles. The number of rotatable bonds is 6. The maximum absolute atomic E-state index is 12.7. The van der Waals surface area contributed by atoms with Crippen molar-refractivity contribution in [2.45, 2.75) is 24.3 Å². The molecule has 1 aromatic carbocycles. The van der Waals surface area contributed by atoms with E-state index in [4.69, 9.17) is 21.1 Å². The zero-order valence-electron chi connectivity index (χ0n) is 14.6. The Morgan fingerprint density at radius 1 is 1.48 bits per heavy atom. The summed E-state index contributed by atoms with van der Waals surface area (Å²) in [6, 6.07) is 4.63. The van der Waals surface area contributed by atoms with Crippen LogP contribution in [0, 0.1) is 6.92 Å². The fourth-order valence-electron chi connectivity index (χ4n) is 2.60. The molecular weight excluding hydrogens is 412 g/mol. The molecule has 0 bridgehead atoms. The van der Waals surface area contributed by atoms with Crippen molar-refractivity contribution >= 4 is 44.1 Å². The molecule has 0 spiro atoms. The number of ether oxygens (including phenoxy) is 2. The molecule has 2 aromatic rings. The summed E-state index contributed by atoms with van der Waals surface area (Å²) in [7, 11) is -3.89. The van der Waals surface area contributed by atoms with Crippen molar-refractivity contribution in [2.75, 3.05) is 17.9 Å². The Kier molecular flexibility index (Phi) is 5.57. The monoisotopic (exact) mass is 428 g/mol. The summed E-state index contributed by atoms with van der Waals surface area (Å²) < 4.78 is 38.5. The highest BCUT2D eigenvalue weighted by Gasteiger charge is 2.45. The fraction of sp³-hybridized carbons (Fsp3) is 0.294. The van der Waals surface area contributed by atoms with Gasteiger partial charge < -0.3 is 9.47 Å². The third-order valence-electron chi connectivity index (χ3n) is 3.94. The third-order valence-corrected chi connectivity index (χ3v) is 6.99. The quantitative estimate of drug-likeness (QED) is 0.560. The van der Waals surface area contributed by atoms with Gasteiger partial charge in [-0.15, -0.1) is 0 Å². The van der Waals surface area contributed by atoms with Gasteiger partial charge in [0.15, 0.2) is 5.13 Å². The Hall–Kier alpha value is -1.94. The molecule has 1 aliphatic rings. The Labute approximate surface area is 166 Å². The lowest BCUT2D eigenvalue weighted by Gasteiger charge is -2.22. The highest BCUT2D eigenvalue weighted by Crippen LogP contribution is 2.38. The van der Waals surface area contributed by atoms with Crippen LogP contribution in [0.2, 0.25) is 5.02 Å². The molecule has 1 N–H and O–H groups in total. The number of halogens is 1. The van der Waals surface area contributed by atoms with Crippen LogP contribution in [-0.4, -0.2) is 32.6 Å². The van der Waals surface area contributed by atoms with Gasteiger partial charge in [0.05, 0.1) is 23.0 Å². The topological polar surface area (TPSA) is 94.6 Å². The molecule has 0 radical (unpaired) electrons. The molecule has 0 aliphatic carbocycles. The summed E-state index contributed by atoms with van der Waals surface area (Å²) in [5.41, 5.74) is -0.961. The van der Waals surface area contributed by atoms with Gasteiger partial charge in [-0.3, -0.25) is 4.72 Å². The number of thiazole rings is 1. The molecule has 3 rings (SSSR count). The first-order valence-corrected chi connectivity index (χ1v) is 10.7. The molecule has 27 heavy (non-hydrogen) atoms. The van der Waals surface area contributed by atoms with Crippen LogP contribution in [0.15, 0.2) is 41.4 Å². The second kappa shape index (κ2) is 7.59. The van der Waals surface area contributed by atoms with Crippen molar-refractivity contribution in [3.63, 3.8) is 0 Å². The van der Waals surface area contributed by atoms with Crippen LogP contribution in [0.4, 0.5) is 5.13 Å². The summed E-state index contributed by atoms with van der Waals surface area (Å²) in [5, 5.41) is 0.459. The molecule has 144 valence electrons. The van der Waals surface area contributed by atoms with E-state index in [9.17, 15) is 13.2 Å². The average molecular weight is 429 g/mol. The van der Waals surface area contributed by atoms with Crippen LogP contribution in [0.3, 0.4) is 0 Å². The van der Waals surface area contributed by atoms with Gasteiger partial charge in [-0.1, -0.05) is 35.1 Å². The lowest BCUT2D eigenvalue weighted by molar-refractivity contribution is -0.163. The number of hydrogen-bond donors (Lipinski definition) is 1. The Balaban J connectivity index is 1.91. The van der Waals surface area contributed by atoms with E-state index >= 15 is 0 Å². The number of nitrogens with zero attached hydrogens (tertiary/aromatic N) is 1. The van der Waals surface area contributed by atoms with E-state index in [1.54, 1.807) is 38.1 Å². The molecule has 7 nitrogen and oxygen atoms in total. The molecule has 1 aliphatic heterocycles. The number of esters is 1. The maximum Gasteiger partial charge on any atom is 0.348 e. The minimum Gasteiger partial charge on any atom is -0.463 e. The van der Waals surface area contributed by atoms with Crippen LogP contribution in [-0.2, 0) is 29.9 Å². The van der Waals surface area contributed by atoms with E-state index in [-0.39, 0.29) is 23.2 Å². The van der Waals surface area contributed by atoms with Crippen molar-refractivity contribution in [3.8, 4) is 0 Å². The lowest BCUT2D eigenvalue weighted by Crippen LogP contribution is -2.35. The SMILES string of the molecule is CCOC(=O)C1(c2cnc(NS(=O)(=O)c3cccc(Cl)c3C)s2)C=CCO1. The van der Waals surface area contributed by atoms with Crippen molar-refractivity contribution in [3.05, 3.63) is 52.0 Å². The second-order valence-corrected chi connectivity index (χ2v) is 8.76. The van der Waals surface area contributed by atoms with Crippen LogP contribution in [0.1, 0.15) is 17.4 Å². The predicted molar refractivity (Wildman–Crippen MR) is 103 cm³/mol. The van der Waals surface area contributed by atoms with Gasteiger partial charge in [0.25, 0.3) is 10.0 Å². The maximum atomic E-state index is 12.7. The van der Waals surface area contributed by atoms with Gasteiger partial charge in [-0.2, -0.15) is 0 Å². The minimum atomic E-state index is -3.89. The van der Waals surface area contributed by atoms with Crippen molar-refractivity contribution in [2.24, 2.45) is 0 Å². The molecule has 2 heterocycles. The summed E-state index contributed by atoms with van der Waals surface area (Å²) in [5.74, 6) is -0.567. The smallest absolute Gasteiger partial charge is 0.348 e. The first kappa shape index (κ1) is 19.8. The number of aromatic nitrogens is 1. The Morgan fingerprint density at radius 2 is 2.26 bits per heavy atom. The fourth-order valence-corrected chi connectivity index (χ4v) is 5.27. The summed E-state index contributed by atoms with van der Waals surface area (Å²) in [4.78, 5) is 17.0. The molecule has 1 atom stereocenters. The highest BCUT2D eigenvalue weighted by atomic mass is 35.5. The number of anilines is 1. The van der Waals surface area contributed by atoms with Gasteiger partial charge in [0.2, 0.25) is 5.60 Å². The lowest BCUT2D eigenvalue weighted by atomic mass is 10.0. The van der Waals surface area contributed by atoms with Crippen molar-refractivity contribution < 1.29 is 22.7 Å². The van der Waals surface area contributed by atoms with Gasteiger partial charge >= 0.3 is 5.97 Å². The highest BCUT2D eigenvalue weighted by molar-refractivity contribution is 7.93. The van der Waals surface area contributed by atoms with E-state index in [2.05, 4.69) is 9.71 Å². The Morgan fingerprint density at radius 3 is 2.93 bits per heavy atom. The largest absolute Gasteiger partial charge is 0.463 e. The van der Waals surface area contributed by atoms with E-state index in [0.29, 0.717) is 15.5 Å². The number of sulfonamides is 1. The first-order valence-electron chi connectivity index (χ1n) is 8.03. The zero-order chi connectivity index (χ0) is 19.7. The molecule has 0 fully saturated rings. The van der Waals surface area contributed by atoms with Crippen molar-refractivity contribution in [1.82, 2.24) is 4.98 Å². The van der Waals surface area contributed by atoms with Crippen LogP contribution in [0.5, 0.6) is 0 Å². The van der Waals surface area contributed by atoms with E-state index in [1.165, 1.54) is 12.3 Å². The predicted octanol–water partition coefficient (Wildman–Crippen LogP) is 3.25. The van der Waals surface area contributed by atoms with Crippen LogP contribution >= 0.6 is 22.9 Å². The molecule has 1 aromatic heterocycles. The minimum absolute atomic E-state index is 0.0591. The van der Waals surface area contributed by atoms with Gasteiger partial charge in [-0.25, -0.2) is 18.2 Å². The van der Waals surface area contributed by atoms with Crippen LogP contribution in [0.25, 0.3) is 0 Å². The van der Waals surface area contributed by atoms with Crippen LogP contribution < -0.4 is 4.72 Å². The molecule has 0 saturated carbocycles.